The van der Waals surface area contributed by atoms with Gasteiger partial charge in [0, 0.05) is 19.2 Å². The van der Waals surface area contributed by atoms with Crippen LogP contribution in [-0.2, 0) is 0 Å². The Hall–Kier alpha value is -2.62. The number of rotatable bonds is 2. The van der Waals surface area contributed by atoms with Gasteiger partial charge < -0.3 is 10.6 Å². The summed E-state index contributed by atoms with van der Waals surface area (Å²) in [6.45, 7) is 0.424. The first-order chi connectivity index (χ1) is 10.1. The number of nitrogens with zero attached hydrogens (tertiary/aromatic N) is 1. The molecule has 106 valence electrons. The highest BCUT2D eigenvalue weighted by Crippen LogP contribution is 2.30. The fourth-order valence-corrected chi connectivity index (χ4v) is 2.73. The van der Waals surface area contributed by atoms with Gasteiger partial charge in [-0.3, -0.25) is 10.2 Å². The summed E-state index contributed by atoms with van der Waals surface area (Å²) in [4.78, 5) is 14.4. The second-order valence-corrected chi connectivity index (χ2v) is 5.35. The third-order valence-electron chi connectivity index (χ3n) is 3.93. The van der Waals surface area contributed by atoms with E-state index in [1.54, 1.807) is 11.9 Å². The molecule has 0 aromatic heterocycles. The lowest BCUT2D eigenvalue weighted by Gasteiger charge is -2.25. The molecule has 0 aliphatic heterocycles. The number of carbonyl (C=O) groups excluding carboxylic acids is 1. The van der Waals surface area contributed by atoms with E-state index in [2.05, 4.69) is 0 Å². The standard InChI is InChI=1S/C17H17N3O/c1-20(17(18)19)10-13-9-8-12-7-6-11-4-2-3-5-14(11)15(12)16(13)21/h2-9,13H,10H2,1H3,(H3,18,19). The Morgan fingerprint density at radius 3 is 2.81 bits per heavy atom. The van der Waals surface area contributed by atoms with Crippen molar-refractivity contribution in [3.05, 3.63) is 53.6 Å². The highest BCUT2D eigenvalue weighted by atomic mass is 16.1. The van der Waals surface area contributed by atoms with Gasteiger partial charge in [-0.05, 0) is 16.3 Å². The molecule has 0 saturated carbocycles. The van der Waals surface area contributed by atoms with Crippen molar-refractivity contribution in [1.29, 1.82) is 5.41 Å². The molecule has 0 amide bonds. The van der Waals surface area contributed by atoms with E-state index in [1.807, 2.05) is 48.6 Å². The number of hydrogen-bond acceptors (Lipinski definition) is 2. The van der Waals surface area contributed by atoms with Crippen LogP contribution in [0.4, 0.5) is 0 Å². The van der Waals surface area contributed by atoms with Gasteiger partial charge in [-0.25, -0.2) is 0 Å². The molecule has 0 heterocycles. The fourth-order valence-electron chi connectivity index (χ4n) is 2.73. The summed E-state index contributed by atoms with van der Waals surface area (Å²) >= 11 is 0. The van der Waals surface area contributed by atoms with Crippen LogP contribution in [0.5, 0.6) is 0 Å². The van der Waals surface area contributed by atoms with Crippen LogP contribution in [0.2, 0.25) is 0 Å². The fraction of sp³-hybridized carbons (Fsp3) is 0.176. The smallest absolute Gasteiger partial charge is 0.188 e. The molecule has 1 unspecified atom stereocenters. The lowest BCUT2D eigenvalue weighted by Crippen LogP contribution is -2.38. The molecule has 3 rings (SSSR count). The minimum atomic E-state index is -0.266. The lowest BCUT2D eigenvalue weighted by atomic mass is 9.85. The van der Waals surface area contributed by atoms with Crippen LogP contribution in [-0.4, -0.2) is 30.2 Å². The van der Waals surface area contributed by atoms with Crippen LogP contribution in [0.15, 0.2) is 42.5 Å². The van der Waals surface area contributed by atoms with Gasteiger partial charge >= 0.3 is 0 Å². The van der Waals surface area contributed by atoms with Crippen molar-refractivity contribution in [2.45, 2.75) is 0 Å². The zero-order chi connectivity index (χ0) is 15.0. The van der Waals surface area contributed by atoms with Crippen LogP contribution >= 0.6 is 0 Å². The monoisotopic (exact) mass is 279 g/mol. The number of nitrogens with two attached hydrogens (primary N) is 1. The van der Waals surface area contributed by atoms with Crippen molar-refractivity contribution in [2.24, 2.45) is 11.7 Å². The van der Waals surface area contributed by atoms with E-state index in [1.165, 1.54) is 0 Å². The Kier molecular flexibility index (Phi) is 3.22. The van der Waals surface area contributed by atoms with E-state index in [9.17, 15) is 4.79 Å². The van der Waals surface area contributed by atoms with E-state index in [0.29, 0.717) is 6.54 Å². The van der Waals surface area contributed by atoms with Gasteiger partial charge in [-0.15, -0.1) is 0 Å². The van der Waals surface area contributed by atoms with E-state index in [4.69, 9.17) is 11.1 Å². The zero-order valence-electron chi connectivity index (χ0n) is 11.8. The predicted molar refractivity (Wildman–Crippen MR) is 85.3 cm³/mol. The van der Waals surface area contributed by atoms with Gasteiger partial charge in [0.25, 0.3) is 0 Å². The summed E-state index contributed by atoms with van der Waals surface area (Å²) in [6.07, 6.45) is 3.89. The van der Waals surface area contributed by atoms with Crippen LogP contribution in [0, 0.1) is 11.3 Å². The molecule has 3 N–H and O–H groups in total. The number of benzene rings is 2. The van der Waals surface area contributed by atoms with Crippen molar-refractivity contribution >= 4 is 28.6 Å². The van der Waals surface area contributed by atoms with Gasteiger partial charge in [-0.2, -0.15) is 0 Å². The summed E-state index contributed by atoms with van der Waals surface area (Å²) in [6, 6.07) is 11.9. The Balaban J connectivity index is 2.04. The third kappa shape index (κ3) is 2.29. The molecule has 0 spiro atoms. The maximum Gasteiger partial charge on any atom is 0.188 e. The maximum atomic E-state index is 12.8. The summed E-state index contributed by atoms with van der Waals surface area (Å²) in [5.41, 5.74) is 7.19. The Labute approximate surface area is 123 Å². The summed E-state index contributed by atoms with van der Waals surface area (Å²) in [7, 11) is 1.72. The van der Waals surface area contributed by atoms with Crippen molar-refractivity contribution in [3.63, 3.8) is 0 Å². The highest BCUT2D eigenvalue weighted by molar-refractivity contribution is 6.14. The molecule has 2 aromatic rings. The van der Waals surface area contributed by atoms with E-state index in [-0.39, 0.29) is 17.7 Å². The number of guanidine groups is 1. The molecular weight excluding hydrogens is 262 g/mol. The Morgan fingerprint density at radius 1 is 1.29 bits per heavy atom. The molecule has 1 aliphatic carbocycles. The second kappa shape index (κ2) is 5.05. The maximum absolute atomic E-state index is 12.8. The molecule has 1 atom stereocenters. The van der Waals surface area contributed by atoms with Crippen molar-refractivity contribution < 1.29 is 4.79 Å². The van der Waals surface area contributed by atoms with Gasteiger partial charge in [0.15, 0.2) is 11.7 Å². The minimum absolute atomic E-state index is 0.0279. The highest BCUT2D eigenvalue weighted by Gasteiger charge is 2.26. The molecule has 21 heavy (non-hydrogen) atoms. The first-order valence-corrected chi connectivity index (χ1v) is 6.87. The van der Waals surface area contributed by atoms with E-state index < -0.39 is 0 Å². The molecule has 0 bridgehead atoms. The topological polar surface area (TPSA) is 70.2 Å². The number of nitrogens with one attached hydrogen (secondary N) is 1. The van der Waals surface area contributed by atoms with Gasteiger partial charge in [0.05, 0.1) is 5.92 Å². The van der Waals surface area contributed by atoms with Crippen molar-refractivity contribution in [1.82, 2.24) is 4.90 Å². The molecule has 0 saturated heterocycles. The predicted octanol–water partition coefficient (Wildman–Crippen LogP) is 2.49. The summed E-state index contributed by atoms with van der Waals surface area (Å²) in [5.74, 6) is -0.200. The molecular formula is C17H17N3O. The quantitative estimate of drug-likeness (QED) is 0.655. The number of hydrogen-bond donors (Lipinski definition) is 2. The number of ketones is 1. The molecule has 2 aromatic carbocycles. The van der Waals surface area contributed by atoms with E-state index in [0.717, 1.165) is 21.9 Å². The van der Waals surface area contributed by atoms with Gasteiger partial charge in [0.1, 0.15) is 0 Å². The largest absolute Gasteiger partial charge is 0.370 e. The van der Waals surface area contributed by atoms with Crippen LogP contribution in [0.1, 0.15) is 15.9 Å². The molecule has 0 fully saturated rings. The minimum Gasteiger partial charge on any atom is -0.370 e. The van der Waals surface area contributed by atoms with Crippen LogP contribution in [0.25, 0.3) is 16.8 Å². The zero-order valence-corrected chi connectivity index (χ0v) is 11.8. The first-order valence-electron chi connectivity index (χ1n) is 6.87. The number of fused-ring (bicyclic) bond motifs is 3. The average Bonchev–Trinajstić information content (AvgIpc) is 2.49. The molecule has 4 nitrogen and oxygen atoms in total. The summed E-state index contributed by atoms with van der Waals surface area (Å²) in [5, 5.41) is 9.48. The second-order valence-electron chi connectivity index (χ2n) is 5.35. The molecule has 1 aliphatic rings. The third-order valence-corrected chi connectivity index (χ3v) is 3.93. The van der Waals surface area contributed by atoms with Gasteiger partial charge in [-0.1, -0.05) is 48.6 Å². The Morgan fingerprint density at radius 2 is 2.05 bits per heavy atom. The normalized spacial score (nSPS) is 16.8. The van der Waals surface area contributed by atoms with E-state index >= 15 is 0 Å². The van der Waals surface area contributed by atoms with Gasteiger partial charge in [0.2, 0.25) is 0 Å². The molecule has 4 heteroatoms. The van der Waals surface area contributed by atoms with Crippen LogP contribution < -0.4 is 5.73 Å². The first kappa shape index (κ1) is 13.4. The van der Waals surface area contributed by atoms with Crippen molar-refractivity contribution in [3.8, 4) is 0 Å². The van der Waals surface area contributed by atoms with Crippen LogP contribution in [0.3, 0.4) is 0 Å². The summed E-state index contributed by atoms with van der Waals surface area (Å²) < 4.78 is 0. The Bertz CT molecular complexity index is 764. The lowest BCUT2D eigenvalue weighted by molar-refractivity contribution is 0.0934. The number of carbonyl (C=O) groups is 1. The molecule has 0 radical (unpaired) electrons. The van der Waals surface area contributed by atoms with Crippen molar-refractivity contribution in [2.75, 3.05) is 13.6 Å². The number of Topliss-reactive ketones (excluding diaryl/α,β-unsaturated/α-hetero) is 1. The SMILES string of the molecule is CN(CC1C=Cc2ccc3ccccc3c2C1=O)C(=N)N. The average molecular weight is 279 g/mol.